The van der Waals surface area contributed by atoms with Crippen molar-refractivity contribution >= 4 is 0 Å². The Kier molecular flexibility index (Phi) is 2.07. The van der Waals surface area contributed by atoms with Crippen molar-refractivity contribution in [3.05, 3.63) is 36.5 Å². The van der Waals surface area contributed by atoms with Crippen LogP contribution in [-0.2, 0) is 0 Å². The Bertz CT molecular complexity index is 185. The maximum Gasteiger partial charge on any atom is 0.0348 e. The highest BCUT2D eigenvalue weighted by molar-refractivity contribution is 5.19. The predicted molar refractivity (Wildman–Crippen MR) is 44.6 cm³/mol. The molecule has 1 atom stereocenters. The highest BCUT2D eigenvalue weighted by Crippen LogP contribution is 2.09. The molecule has 0 spiro atoms. The van der Waals surface area contributed by atoms with Gasteiger partial charge in [-0.15, -0.1) is 0 Å². The molecule has 0 bridgehead atoms. The third kappa shape index (κ3) is 2.19. The summed E-state index contributed by atoms with van der Waals surface area (Å²) in [6, 6.07) is 0. The molecule has 1 heteroatoms. The summed E-state index contributed by atoms with van der Waals surface area (Å²) in [7, 11) is 0. The van der Waals surface area contributed by atoms with Crippen LogP contribution in [0.2, 0.25) is 0 Å². The van der Waals surface area contributed by atoms with E-state index in [-0.39, 0.29) is 5.54 Å². The number of hydrogen-bond donors (Lipinski definition) is 1. The molecule has 1 nitrogen and oxygen atoms in total. The van der Waals surface area contributed by atoms with Crippen molar-refractivity contribution in [2.24, 2.45) is 5.73 Å². The van der Waals surface area contributed by atoms with Crippen LogP contribution in [0.3, 0.4) is 0 Å². The summed E-state index contributed by atoms with van der Waals surface area (Å²) < 4.78 is 0. The van der Waals surface area contributed by atoms with Crippen LogP contribution in [0.5, 0.6) is 0 Å². The minimum absolute atomic E-state index is 0.165. The fourth-order valence-electron chi connectivity index (χ4n) is 0.872. The van der Waals surface area contributed by atoms with Gasteiger partial charge in [0.2, 0.25) is 0 Å². The standard InChI is InChI=1S/C9H13N/c1-9(10)7-5-3-2-4-6-8-9/h2-7H,8,10H2,1H3/b3-2-,6-4?,7-5-. The van der Waals surface area contributed by atoms with E-state index in [1.54, 1.807) is 0 Å². The SMILES string of the molecule is CC1(N)/C=C\C=C/C=CC1. The van der Waals surface area contributed by atoms with Crippen LogP contribution in [0.1, 0.15) is 13.3 Å². The van der Waals surface area contributed by atoms with E-state index in [4.69, 9.17) is 5.73 Å². The zero-order valence-corrected chi connectivity index (χ0v) is 6.25. The second-order valence-corrected chi connectivity index (χ2v) is 2.88. The highest BCUT2D eigenvalue weighted by Gasteiger charge is 2.10. The van der Waals surface area contributed by atoms with E-state index in [0.717, 1.165) is 6.42 Å². The van der Waals surface area contributed by atoms with E-state index in [0.29, 0.717) is 0 Å². The van der Waals surface area contributed by atoms with E-state index in [1.165, 1.54) is 0 Å². The lowest BCUT2D eigenvalue weighted by Crippen LogP contribution is -2.32. The lowest BCUT2D eigenvalue weighted by molar-refractivity contribution is 0.594. The van der Waals surface area contributed by atoms with Crippen LogP contribution in [0.25, 0.3) is 0 Å². The first-order valence-electron chi connectivity index (χ1n) is 3.51. The second kappa shape index (κ2) is 2.84. The summed E-state index contributed by atoms with van der Waals surface area (Å²) in [4.78, 5) is 0. The van der Waals surface area contributed by atoms with Gasteiger partial charge < -0.3 is 5.73 Å². The largest absolute Gasteiger partial charge is 0.322 e. The molecule has 0 radical (unpaired) electrons. The number of hydrogen-bond acceptors (Lipinski definition) is 1. The Morgan fingerprint density at radius 3 is 2.70 bits per heavy atom. The molecule has 1 unspecified atom stereocenters. The third-order valence-electron chi connectivity index (χ3n) is 1.50. The molecule has 0 aromatic rings. The van der Waals surface area contributed by atoms with Gasteiger partial charge in [-0.25, -0.2) is 0 Å². The lowest BCUT2D eigenvalue weighted by Gasteiger charge is -2.17. The van der Waals surface area contributed by atoms with Crippen LogP contribution in [0.4, 0.5) is 0 Å². The molecule has 0 aromatic carbocycles. The van der Waals surface area contributed by atoms with Crippen LogP contribution < -0.4 is 5.73 Å². The summed E-state index contributed by atoms with van der Waals surface area (Å²) in [6.07, 6.45) is 13.0. The van der Waals surface area contributed by atoms with Crippen LogP contribution in [0, 0.1) is 0 Å². The van der Waals surface area contributed by atoms with E-state index in [1.807, 2.05) is 37.3 Å². The predicted octanol–water partition coefficient (Wildman–Crippen LogP) is 1.78. The Balaban J connectivity index is 2.74. The van der Waals surface area contributed by atoms with Crippen molar-refractivity contribution in [1.82, 2.24) is 0 Å². The first-order valence-corrected chi connectivity index (χ1v) is 3.51. The van der Waals surface area contributed by atoms with Gasteiger partial charge in [-0.1, -0.05) is 36.5 Å². The zero-order chi connectivity index (χ0) is 7.45. The molecule has 0 fully saturated rings. The van der Waals surface area contributed by atoms with E-state index < -0.39 is 0 Å². The molecule has 0 aromatic heterocycles. The highest BCUT2D eigenvalue weighted by atomic mass is 14.7. The number of rotatable bonds is 0. The fourth-order valence-corrected chi connectivity index (χ4v) is 0.872. The third-order valence-corrected chi connectivity index (χ3v) is 1.50. The van der Waals surface area contributed by atoms with E-state index in [2.05, 4.69) is 6.08 Å². The van der Waals surface area contributed by atoms with E-state index >= 15 is 0 Å². The Labute approximate surface area is 61.9 Å². The zero-order valence-electron chi connectivity index (χ0n) is 6.25. The quantitative estimate of drug-likeness (QED) is 0.538. The maximum absolute atomic E-state index is 5.88. The van der Waals surface area contributed by atoms with Gasteiger partial charge in [0.15, 0.2) is 0 Å². The molecule has 1 rings (SSSR count). The molecule has 10 heavy (non-hydrogen) atoms. The first-order chi connectivity index (χ1) is 4.71. The molecule has 54 valence electrons. The first kappa shape index (κ1) is 7.29. The average molecular weight is 135 g/mol. The van der Waals surface area contributed by atoms with Gasteiger partial charge in [-0.2, -0.15) is 0 Å². The van der Waals surface area contributed by atoms with Crippen molar-refractivity contribution in [1.29, 1.82) is 0 Å². The molecule has 1 aliphatic rings. The van der Waals surface area contributed by atoms with Crippen molar-refractivity contribution in [2.75, 3.05) is 0 Å². The summed E-state index contributed by atoms with van der Waals surface area (Å²) in [5, 5.41) is 0. The van der Waals surface area contributed by atoms with Crippen molar-refractivity contribution in [3.63, 3.8) is 0 Å². The Morgan fingerprint density at radius 1 is 1.20 bits per heavy atom. The lowest BCUT2D eigenvalue weighted by atomic mass is 9.97. The summed E-state index contributed by atoms with van der Waals surface area (Å²) in [6.45, 7) is 2.02. The normalized spacial score (nSPS) is 38.2. The minimum Gasteiger partial charge on any atom is -0.322 e. The summed E-state index contributed by atoms with van der Waals surface area (Å²) in [5.74, 6) is 0. The van der Waals surface area contributed by atoms with Crippen molar-refractivity contribution in [3.8, 4) is 0 Å². The molecular formula is C9H13N. The van der Waals surface area contributed by atoms with Crippen LogP contribution in [-0.4, -0.2) is 5.54 Å². The molecule has 0 aliphatic heterocycles. The molecular weight excluding hydrogens is 122 g/mol. The van der Waals surface area contributed by atoms with Gasteiger partial charge in [0.25, 0.3) is 0 Å². The molecule has 0 saturated carbocycles. The van der Waals surface area contributed by atoms with Gasteiger partial charge >= 0.3 is 0 Å². The van der Waals surface area contributed by atoms with Crippen molar-refractivity contribution < 1.29 is 0 Å². The fraction of sp³-hybridized carbons (Fsp3) is 0.333. The van der Waals surface area contributed by atoms with Crippen LogP contribution in [0.15, 0.2) is 36.5 Å². The summed E-state index contributed by atoms with van der Waals surface area (Å²) >= 11 is 0. The van der Waals surface area contributed by atoms with Gasteiger partial charge in [-0.05, 0) is 13.3 Å². The monoisotopic (exact) mass is 135 g/mol. The molecule has 2 N–H and O–H groups in total. The molecule has 0 saturated heterocycles. The molecule has 1 aliphatic carbocycles. The van der Waals surface area contributed by atoms with Gasteiger partial charge in [0.05, 0.1) is 0 Å². The number of nitrogens with two attached hydrogens (primary N) is 1. The second-order valence-electron chi connectivity index (χ2n) is 2.88. The topological polar surface area (TPSA) is 26.0 Å². The minimum atomic E-state index is -0.165. The van der Waals surface area contributed by atoms with Gasteiger partial charge in [-0.3, -0.25) is 0 Å². The Morgan fingerprint density at radius 2 is 1.90 bits per heavy atom. The molecule has 0 amide bonds. The maximum atomic E-state index is 5.88. The van der Waals surface area contributed by atoms with E-state index in [9.17, 15) is 0 Å². The Hall–Kier alpha value is -0.820. The van der Waals surface area contributed by atoms with Gasteiger partial charge in [0.1, 0.15) is 0 Å². The smallest absolute Gasteiger partial charge is 0.0348 e. The van der Waals surface area contributed by atoms with Crippen LogP contribution >= 0.6 is 0 Å². The number of allylic oxidation sites excluding steroid dienone is 4. The van der Waals surface area contributed by atoms with Crippen molar-refractivity contribution in [2.45, 2.75) is 18.9 Å². The van der Waals surface area contributed by atoms with Gasteiger partial charge in [0, 0.05) is 5.54 Å². The average Bonchev–Trinajstić information content (AvgIpc) is 1.81. The summed E-state index contributed by atoms with van der Waals surface area (Å²) in [5.41, 5.74) is 5.71. The molecule has 0 heterocycles.